The van der Waals surface area contributed by atoms with Crippen molar-refractivity contribution in [3.8, 4) is 0 Å². The van der Waals surface area contributed by atoms with E-state index in [-0.39, 0.29) is 17.9 Å². The van der Waals surface area contributed by atoms with Gasteiger partial charge in [0.1, 0.15) is 12.6 Å². The molecule has 0 aromatic heterocycles. The van der Waals surface area contributed by atoms with Gasteiger partial charge in [0.25, 0.3) is 5.69 Å². The molecule has 0 unspecified atom stereocenters. The van der Waals surface area contributed by atoms with E-state index in [1.165, 1.54) is 30.1 Å². The van der Waals surface area contributed by atoms with Gasteiger partial charge in [0, 0.05) is 25.7 Å². The van der Waals surface area contributed by atoms with Crippen molar-refractivity contribution in [1.82, 2.24) is 10.2 Å². The monoisotopic (exact) mass is 462 g/mol. The molecule has 0 aliphatic carbocycles. The third-order valence-corrected chi connectivity index (χ3v) is 6.04. The molecule has 0 saturated carbocycles. The number of hydrogen-bond donors (Lipinski definition) is 1. The Morgan fingerprint density at radius 3 is 2.31 bits per heavy atom. The molecular formula is C21H26N4O6S. The van der Waals surface area contributed by atoms with Crippen LogP contribution in [-0.4, -0.2) is 55.9 Å². The second-order valence-corrected chi connectivity index (χ2v) is 9.25. The quantitative estimate of drug-likeness (QED) is 0.447. The van der Waals surface area contributed by atoms with E-state index in [2.05, 4.69) is 5.32 Å². The van der Waals surface area contributed by atoms with Gasteiger partial charge in [-0.3, -0.25) is 24.0 Å². The van der Waals surface area contributed by atoms with Gasteiger partial charge in [0.05, 0.1) is 16.9 Å². The molecule has 0 saturated heterocycles. The van der Waals surface area contributed by atoms with Crippen LogP contribution in [0.2, 0.25) is 0 Å². The molecule has 0 radical (unpaired) electrons. The molecule has 0 bridgehead atoms. The number of nitrogens with one attached hydrogen (secondary N) is 1. The van der Waals surface area contributed by atoms with Crippen molar-refractivity contribution in [2.45, 2.75) is 26.4 Å². The molecule has 2 aromatic carbocycles. The van der Waals surface area contributed by atoms with E-state index in [1.807, 2.05) is 31.2 Å². The number of nitro groups is 1. The van der Waals surface area contributed by atoms with Crippen LogP contribution in [0.25, 0.3) is 0 Å². The highest BCUT2D eigenvalue weighted by molar-refractivity contribution is 7.92. The maximum atomic E-state index is 13.2. The van der Waals surface area contributed by atoms with E-state index in [1.54, 1.807) is 6.92 Å². The molecule has 10 nitrogen and oxygen atoms in total. The SMILES string of the molecule is CNC(=O)[C@H](C)N(Cc1ccc(C)cc1)C(=O)CN(c1cccc([N+](=O)[O-])c1)S(C)(=O)=O. The zero-order valence-electron chi connectivity index (χ0n) is 18.3. The number of carbonyl (C=O) groups excluding carboxylic acids is 2. The van der Waals surface area contributed by atoms with E-state index in [0.717, 1.165) is 27.8 Å². The van der Waals surface area contributed by atoms with Gasteiger partial charge in [-0.25, -0.2) is 8.42 Å². The first kappa shape index (κ1) is 24.8. The molecule has 11 heteroatoms. The van der Waals surface area contributed by atoms with Crippen LogP contribution in [0.3, 0.4) is 0 Å². The molecule has 0 fully saturated rings. The van der Waals surface area contributed by atoms with Crippen LogP contribution in [0.15, 0.2) is 48.5 Å². The number of nitro benzene ring substituents is 1. The predicted molar refractivity (Wildman–Crippen MR) is 121 cm³/mol. The Balaban J connectivity index is 2.41. The first-order chi connectivity index (χ1) is 14.9. The van der Waals surface area contributed by atoms with Gasteiger partial charge in [-0.1, -0.05) is 35.9 Å². The predicted octanol–water partition coefficient (Wildman–Crippen LogP) is 1.83. The summed E-state index contributed by atoms with van der Waals surface area (Å²) < 4.78 is 25.7. The molecule has 0 spiro atoms. The van der Waals surface area contributed by atoms with Crippen LogP contribution in [0, 0.1) is 17.0 Å². The fraction of sp³-hybridized carbons (Fsp3) is 0.333. The molecule has 0 heterocycles. The molecule has 1 atom stereocenters. The lowest BCUT2D eigenvalue weighted by atomic mass is 10.1. The summed E-state index contributed by atoms with van der Waals surface area (Å²) in [5.41, 5.74) is 1.47. The van der Waals surface area contributed by atoms with Crippen molar-refractivity contribution < 1.29 is 22.9 Å². The van der Waals surface area contributed by atoms with Gasteiger partial charge in [0.2, 0.25) is 21.8 Å². The van der Waals surface area contributed by atoms with E-state index in [0.29, 0.717) is 0 Å². The number of carbonyl (C=O) groups is 2. The second kappa shape index (κ2) is 10.2. The van der Waals surface area contributed by atoms with Crippen LogP contribution in [0.4, 0.5) is 11.4 Å². The lowest BCUT2D eigenvalue weighted by Crippen LogP contribution is -2.50. The number of non-ortho nitro benzene ring substituents is 1. The Labute approximate surface area is 187 Å². The van der Waals surface area contributed by atoms with Gasteiger partial charge in [-0.05, 0) is 25.5 Å². The summed E-state index contributed by atoms with van der Waals surface area (Å²) in [5, 5.41) is 13.6. The fourth-order valence-electron chi connectivity index (χ4n) is 3.06. The van der Waals surface area contributed by atoms with Gasteiger partial charge >= 0.3 is 0 Å². The molecule has 172 valence electrons. The Bertz CT molecular complexity index is 1100. The van der Waals surface area contributed by atoms with Crippen LogP contribution in [0.1, 0.15) is 18.1 Å². The summed E-state index contributed by atoms with van der Waals surface area (Å²) in [4.78, 5) is 37.2. The van der Waals surface area contributed by atoms with Gasteiger partial charge in [-0.15, -0.1) is 0 Å². The summed E-state index contributed by atoms with van der Waals surface area (Å²) >= 11 is 0. The molecule has 1 N–H and O–H groups in total. The third kappa shape index (κ3) is 6.27. The number of aryl methyl sites for hydroxylation is 1. The van der Waals surface area contributed by atoms with Crippen LogP contribution in [0.5, 0.6) is 0 Å². The maximum absolute atomic E-state index is 13.2. The molecule has 2 aromatic rings. The molecule has 32 heavy (non-hydrogen) atoms. The Morgan fingerprint density at radius 2 is 1.78 bits per heavy atom. The molecule has 2 rings (SSSR count). The Morgan fingerprint density at radius 1 is 1.16 bits per heavy atom. The number of amides is 2. The number of hydrogen-bond acceptors (Lipinski definition) is 6. The van der Waals surface area contributed by atoms with Crippen molar-refractivity contribution >= 4 is 33.2 Å². The highest BCUT2D eigenvalue weighted by Gasteiger charge is 2.30. The molecule has 2 amide bonds. The average molecular weight is 463 g/mol. The normalized spacial score (nSPS) is 12.0. The van der Waals surface area contributed by atoms with Gasteiger partial charge < -0.3 is 10.2 Å². The highest BCUT2D eigenvalue weighted by atomic mass is 32.2. The smallest absolute Gasteiger partial charge is 0.271 e. The Kier molecular flexibility index (Phi) is 7.92. The van der Waals surface area contributed by atoms with Crippen LogP contribution in [-0.2, 0) is 26.2 Å². The number of anilines is 1. The standard InChI is InChI=1S/C21H26N4O6S/c1-15-8-10-17(11-9-15)13-23(16(2)21(27)22-3)20(26)14-24(32(4,30)31)18-6-5-7-19(12-18)25(28)29/h5-12,16H,13-14H2,1-4H3,(H,22,27)/t16-/m0/s1. The fourth-order valence-corrected chi connectivity index (χ4v) is 3.90. The molecular weight excluding hydrogens is 436 g/mol. The summed E-state index contributed by atoms with van der Waals surface area (Å²) in [5.74, 6) is -1.04. The van der Waals surface area contributed by atoms with Crippen LogP contribution < -0.4 is 9.62 Å². The maximum Gasteiger partial charge on any atom is 0.271 e. The largest absolute Gasteiger partial charge is 0.357 e. The Hall–Kier alpha value is -3.47. The van der Waals surface area contributed by atoms with E-state index in [4.69, 9.17) is 0 Å². The van der Waals surface area contributed by atoms with Crippen molar-refractivity contribution in [3.63, 3.8) is 0 Å². The second-order valence-electron chi connectivity index (χ2n) is 7.34. The number of benzene rings is 2. The summed E-state index contributed by atoms with van der Waals surface area (Å²) in [7, 11) is -2.51. The summed E-state index contributed by atoms with van der Waals surface area (Å²) in [6.45, 7) is 2.93. The van der Waals surface area contributed by atoms with Crippen molar-refractivity contribution in [1.29, 1.82) is 0 Å². The van der Waals surface area contributed by atoms with E-state index >= 15 is 0 Å². The van der Waals surface area contributed by atoms with Crippen LogP contribution >= 0.6 is 0 Å². The minimum absolute atomic E-state index is 0.0158. The zero-order chi connectivity index (χ0) is 24.1. The lowest BCUT2D eigenvalue weighted by molar-refractivity contribution is -0.384. The van der Waals surface area contributed by atoms with E-state index < -0.39 is 39.3 Å². The minimum Gasteiger partial charge on any atom is -0.357 e. The average Bonchev–Trinajstić information content (AvgIpc) is 2.75. The number of sulfonamides is 1. The van der Waals surface area contributed by atoms with Gasteiger partial charge in [-0.2, -0.15) is 0 Å². The highest BCUT2D eigenvalue weighted by Crippen LogP contribution is 2.23. The van der Waals surface area contributed by atoms with Gasteiger partial charge in [0.15, 0.2) is 0 Å². The number of likely N-dealkylation sites (N-methyl/N-ethyl adjacent to an activating group) is 1. The molecule has 0 aliphatic rings. The third-order valence-electron chi connectivity index (χ3n) is 4.89. The summed E-state index contributed by atoms with van der Waals surface area (Å²) in [6.07, 6.45) is 0.908. The number of nitrogens with zero attached hydrogens (tertiary/aromatic N) is 3. The van der Waals surface area contributed by atoms with Crippen molar-refractivity contribution in [3.05, 3.63) is 69.8 Å². The zero-order valence-corrected chi connectivity index (χ0v) is 19.1. The minimum atomic E-state index is -3.96. The molecule has 0 aliphatic heterocycles. The first-order valence-electron chi connectivity index (χ1n) is 9.72. The van der Waals surface area contributed by atoms with E-state index in [9.17, 15) is 28.1 Å². The number of rotatable bonds is 9. The lowest BCUT2D eigenvalue weighted by Gasteiger charge is -2.31. The van der Waals surface area contributed by atoms with Crippen molar-refractivity contribution in [2.75, 3.05) is 24.2 Å². The first-order valence-corrected chi connectivity index (χ1v) is 11.6. The topological polar surface area (TPSA) is 130 Å². The summed E-state index contributed by atoms with van der Waals surface area (Å²) in [6, 6.07) is 11.5. The van der Waals surface area contributed by atoms with Crippen molar-refractivity contribution in [2.24, 2.45) is 0 Å².